The minimum absolute atomic E-state index is 0.200. The van der Waals surface area contributed by atoms with Gasteiger partial charge in [-0.1, -0.05) is 35.9 Å². The molecule has 1 aliphatic carbocycles. The van der Waals surface area contributed by atoms with Crippen molar-refractivity contribution in [1.82, 2.24) is 4.98 Å². The summed E-state index contributed by atoms with van der Waals surface area (Å²) in [6, 6.07) is 9.42. The molecule has 0 aliphatic heterocycles. The van der Waals surface area contributed by atoms with Gasteiger partial charge in [0.1, 0.15) is 11.6 Å². The van der Waals surface area contributed by atoms with Crippen molar-refractivity contribution in [3.63, 3.8) is 0 Å². The van der Waals surface area contributed by atoms with Crippen molar-refractivity contribution in [3.8, 4) is 11.3 Å². The molecule has 0 atom stereocenters. The van der Waals surface area contributed by atoms with Crippen LogP contribution in [0.5, 0.6) is 0 Å². The molecule has 2 heterocycles. The van der Waals surface area contributed by atoms with E-state index in [4.69, 9.17) is 10.2 Å². The first kappa shape index (κ1) is 23.0. The van der Waals surface area contributed by atoms with Gasteiger partial charge < -0.3 is 10.2 Å². The zero-order chi connectivity index (χ0) is 23.8. The molecule has 8 heteroatoms. The van der Waals surface area contributed by atoms with Crippen LogP contribution < -0.4 is 10.0 Å². The standard InChI is InChI=1S/C25H29N3O4S/c1-4-5-6-13-28(33(3,30)31)24-19(14-17-9-10-17)15-20-21(23(26)29)22(32-25(20)27-24)18-11-7-16(2)8-12-18/h4,7-8,11-12,15,17H,1,5-6,9-10,13-14H2,2-3H3,(H2,26,29). The Labute approximate surface area is 194 Å². The highest BCUT2D eigenvalue weighted by Crippen LogP contribution is 2.39. The SMILES string of the molecule is C=CCCCN(c1nc2oc(-c3ccc(C)cc3)c(C(N)=O)c2cc1CC1CC1)S(C)(=O)=O. The predicted molar refractivity (Wildman–Crippen MR) is 131 cm³/mol. The van der Waals surface area contributed by atoms with Gasteiger partial charge in [-0.25, -0.2) is 8.42 Å². The number of carbonyl (C=O) groups is 1. The smallest absolute Gasteiger partial charge is 0.253 e. The van der Waals surface area contributed by atoms with E-state index in [1.165, 1.54) is 10.6 Å². The van der Waals surface area contributed by atoms with E-state index in [2.05, 4.69) is 11.6 Å². The zero-order valence-corrected chi connectivity index (χ0v) is 19.8. The van der Waals surface area contributed by atoms with Gasteiger partial charge in [-0.05, 0) is 56.6 Å². The van der Waals surface area contributed by atoms with Crippen LogP contribution in [0.1, 0.15) is 47.2 Å². The summed E-state index contributed by atoms with van der Waals surface area (Å²) in [6.07, 6.45) is 7.14. The number of aryl methyl sites for hydroxylation is 1. The third-order valence-electron chi connectivity index (χ3n) is 5.91. The van der Waals surface area contributed by atoms with Gasteiger partial charge in [-0.15, -0.1) is 6.58 Å². The average Bonchev–Trinajstić information content (AvgIpc) is 3.48. The molecule has 2 N–H and O–H groups in total. The van der Waals surface area contributed by atoms with E-state index >= 15 is 0 Å². The largest absolute Gasteiger partial charge is 0.437 e. The Balaban J connectivity index is 1.92. The van der Waals surface area contributed by atoms with Crippen LogP contribution in [0.15, 0.2) is 47.4 Å². The monoisotopic (exact) mass is 467 g/mol. The second-order valence-electron chi connectivity index (χ2n) is 8.77. The van der Waals surface area contributed by atoms with Crippen LogP contribution in [-0.2, 0) is 16.4 Å². The highest BCUT2D eigenvalue weighted by atomic mass is 32.2. The zero-order valence-electron chi connectivity index (χ0n) is 19.0. The summed E-state index contributed by atoms with van der Waals surface area (Å²) in [5.74, 6) is 0.582. The summed E-state index contributed by atoms with van der Waals surface area (Å²) in [4.78, 5) is 17.1. The molecule has 0 unspecified atom stereocenters. The molecule has 7 nitrogen and oxygen atoms in total. The number of furan rings is 1. The molecule has 1 saturated carbocycles. The van der Waals surface area contributed by atoms with Crippen LogP contribution in [-0.4, -0.2) is 32.1 Å². The number of hydrogen-bond acceptors (Lipinski definition) is 5. The number of primary amides is 1. The number of pyridine rings is 1. The van der Waals surface area contributed by atoms with Crippen LogP contribution in [0.25, 0.3) is 22.4 Å². The molecule has 174 valence electrons. The number of benzene rings is 1. The van der Waals surface area contributed by atoms with Gasteiger partial charge in [-0.3, -0.25) is 9.10 Å². The van der Waals surface area contributed by atoms with Crippen LogP contribution in [0.3, 0.4) is 0 Å². The number of sulfonamides is 1. The maximum Gasteiger partial charge on any atom is 0.253 e. The molecule has 2 aromatic heterocycles. The first-order chi connectivity index (χ1) is 15.7. The van der Waals surface area contributed by atoms with Crippen molar-refractivity contribution in [2.24, 2.45) is 11.7 Å². The summed E-state index contributed by atoms with van der Waals surface area (Å²) in [6.45, 7) is 5.98. The van der Waals surface area contributed by atoms with Gasteiger partial charge in [0.05, 0.1) is 17.2 Å². The van der Waals surface area contributed by atoms with E-state index in [0.29, 0.717) is 47.7 Å². The predicted octanol–water partition coefficient (Wildman–Crippen LogP) is 4.59. The van der Waals surface area contributed by atoms with Crippen molar-refractivity contribution in [2.75, 3.05) is 17.1 Å². The van der Waals surface area contributed by atoms with Crippen molar-refractivity contribution in [1.29, 1.82) is 0 Å². The third kappa shape index (κ3) is 4.95. The number of nitrogens with zero attached hydrogens (tertiary/aromatic N) is 2. The van der Waals surface area contributed by atoms with E-state index in [1.54, 1.807) is 6.08 Å². The lowest BCUT2D eigenvalue weighted by Crippen LogP contribution is -2.32. The Kier molecular flexibility index (Phi) is 6.30. The van der Waals surface area contributed by atoms with Crippen LogP contribution in [0, 0.1) is 12.8 Å². The molecule has 0 spiro atoms. The summed E-state index contributed by atoms with van der Waals surface area (Å²) in [5, 5.41) is 0.511. The van der Waals surface area contributed by atoms with Crippen LogP contribution in [0.2, 0.25) is 0 Å². The fraction of sp³-hybridized carbons (Fsp3) is 0.360. The second-order valence-corrected chi connectivity index (χ2v) is 10.7. The number of amides is 1. The number of hydrogen-bond donors (Lipinski definition) is 1. The molecule has 1 aromatic carbocycles. The Morgan fingerprint density at radius 2 is 2.00 bits per heavy atom. The van der Waals surface area contributed by atoms with Gasteiger partial charge in [0.15, 0.2) is 0 Å². The topological polar surface area (TPSA) is 106 Å². The van der Waals surface area contributed by atoms with Gasteiger partial charge in [0.2, 0.25) is 15.7 Å². The Morgan fingerprint density at radius 1 is 1.30 bits per heavy atom. The lowest BCUT2D eigenvalue weighted by molar-refractivity contribution is 0.100. The van der Waals surface area contributed by atoms with Crippen molar-refractivity contribution < 1.29 is 17.6 Å². The van der Waals surface area contributed by atoms with E-state index in [-0.39, 0.29) is 17.8 Å². The molecular formula is C25H29N3O4S. The van der Waals surface area contributed by atoms with Crippen molar-refractivity contribution >= 4 is 32.8 Å². The lowest BCUT2D eigenvalue weighted by atomic mass is 10.0. The van der Waals surface area contributed by atoms with Gasteiger partial charge in [-0.2, -0.15) is 4.98 Å². The second kappa shape index (κ2) is 9.02. The minimum atomic E-state index is -3.58. The third-order valence-corrected chi connectivity index (χ3v) is 7.07. The fourth-order valence-corrected chi connectivity index (χ4v) is 4.95. The van der Waals surface area contributed by atoms with Crippen molar-refractivity contribution in [3.05, 3.63) is 59.7 Å². The molecule has 1 aliphatic rings. The fourth-order valence-electron chi connectivity index (χ4n) is 4.02. The molecular weight excluding hydrogens is 438 g/mol. The number of aromatic nitrogens is 1. The van der Waals surface area contributed by atoms with Gasteiger partial charge in [0.25, 0.3) is 5.91 Å². The Morgan fingerprint density at radius 3 is 2.58 bits per heavy atom. The summed E-state index contributed by atoms with van der Waals surface area (Å²) in [5.41, 5.74) is 8.80. The van der Waals surface area contributed by atoms with Crippen molar-refractivity contribution in [2.45, 2.75) is 39.0 Å². The number of carbonyl (C=O) groups excluding carboxylic acids is 1. The summed E-state index contributed by atoms with van der Waals surface area (Å²) >= 11 is 0. The van der Waals surface area contributed by atoms with E-state index in [9.17, 15) is 13.2 Å². The normalized spacial score (nSPS) is 13.9. The summed E-state index contributed by atoms with van der Waals surface area (Å²) < 4.78 is 32.8. The quantitative estimate of drug-likeness (QED) is 0.347. The average molecular weight is 468 g/mol. The van der Waals surface area contributed by atoms with E-state index in [1.807, 2.05) is 37.3 Å². The molecule has 0 bridgehead atoms. The first-order valence-corrected chi connectivity index (χ1v) is 13.0. The molecule has 0 saturated heterocycles. The molecule has 1 amide bonds. The van der Waals surface area contributed by atoms with Gasteiger partial charge >= 0.3 is 0 Å². The van der Waals surface area contributed by atoms with E-state index in [0.717, 1.165) is 24.0 Å². The Bertz CT molecular complexity index is 1310. The number of allylic oxidation sites excluding steroid dienone is 1. The molecule has 4 rings (SSSR count). The van der Waals surface area contributed by atoms with Gasteiger partial charge in [0, 0.05) is 12.1 Å². The highest BCUT2D eigenvalue weighted by molar-refractivity contribution is 7.92. The van der Waals surface area contributed by atoms with E-state index < -0.39 is 15.9 Å². The number of rotatable bonds is 10. The number of nitrogens with two attached hydrogens (primary N) is 1. The lowest BCUT2D eigenvalue weighted by Gasteiger charge is -2.23. The number of anilines is 1. The number of fused-ring (bicyclic) bond motifs is 1. The summed E-state index contributed by atoms with van der Waals surface area (Å²) in [7, 11) is -3.58. The van der Waals surface area contributed by atoms with Crippen LogP contribution in [0.4, 0.5) is 5.82 Å². The maximum absolute atomic E-state index is 12.7. The number of unbranched alkanes of at least 4 members (excludes halogenated alkanes) is 1. The molecule has 0 radical (unpaired) electrons. The molecule has 33 heavy (non-hydrogen) atoms. The Hall–Kier alpha value is -3.13. The molecule has 1 fully saturated rings. The van der Waals surface area contributed by atoms with Crippen LogP contribution >= 0.6 is 0 Å². The minimum Gasteiger partial charge on any atom is -0.437 e. The maximum atomic E-state index is 12.7. The first-order valence-electron chi connectivity index (χ1n) is 11.1. The highest BCUT2D eigenvalue weighted by Gasteiger charge is 2.30. The molecule has 3 aromatic rings.